The molecule has 0 spiro atoms. The van der Waals surface area contributed by atoms with Crippen molar-refractivity contribution in [3.8, 4) is 11.1 Å². The van der Waals surface area contributed by atoms with E-state index in [9.17, 15) is 27.9 Å². The summed E-state index contributed by atoms with van der Waals surface area (Å²) < 4.78 is 40.7. The monoisotopic (exact) mass is 539 g/mol. The number of carboxylic acids is 1. The van der Waals surface area contributed by atoms with Gasteiger partial charge in [0.25, 0.3) is 0 Å². The molecule has 3 aromatic rings. The Morgan fingerprint density at radius 1 is 0.923 bits per heavy atom. The molecule has 4 rings (SSSR count). The predicted molar refractivity (Wildman–Crippen MR) is 147 cm³/mol. The van der Waals surface area contributed by atoms with Gasteiger partial charge >= 0.3 is 18.2 Å². The van der Waals surface area contributed by atoms with Gasteiger partial charge in [-0.15, -0.1) is 0 Å². The number of rotatable bonds is 8. The van der Waals surface area contributed by atoms with Gasteiger partial charge in [-0.05, 0) is 67.1 Å². The Morgan fingerprint density at radius 3 is 2.28 bits per heavy atom. The van der Waals surface area contributed by atoms with Gasteiger partial charge in [-0.1, -0.05) is 61.2 Å². The van der Waals surface area contributed by atoms with Gasteiger partial charge in [-0.25, -0.2) is 9.59 Å². The standard InChI is InChI=1S/C30H32F3N3O3/c1-19-11-14-22(15-12-19)34-29(39)36-26-17-21(23-9-5-6-10-24(23)28(37)38)13-16-25(26)35-27(18-30(31,32)33)20-7-3-2-4-8-20/h5-6,9-17,20,27,35H,2-4,7-8,18H2,1H3,(H,37,38)(H2,34,36,39). The molecule has 1 atom stereocenters. The first-order valence-electron chi connectivity index (χ1n) is 13.0. The van der Waals surface area contributed by atoms with Gasteiger partial charge < -0.3 is 21.1 Å². The van der Waals surface area contributed by atoms with Crippen LogP contribution in [-0.4, -0.2) is 29.3 Å². The van der Waals surface area contributed by atoms with E-state index in [1.807, 2.05) is 19.1 Å². The fourth-order valence-corrected chi connectivity index (χ4v) is 5.11. The van der Waals surface area contributed by atoms with Crippen LogP contribution in [0.4, 0.5) is 35.0 Å². The molecule has 4 N–H and O–H groups in total. The molecule has 0 aliphatic heterocycles. The van der Waals surface area contributed by atoms with Crippen molar-refractivity contribution in [1.82, 2.24) is 0 Å². The van der Waals surface area contributed by atoms with Crippen molar-refractivity contribution in [2.24, 2.45) is 5.92 Å². The highest BCUT2D eigenvalue weighted by atomic mass is 19.4. The number of urea groups is 1. The lowest BCUT2D eigenvalue weighted by atomic mass is 9.82. The zero-order chi connectivity index (χ0) is 28.0. The highest BCUT2D eigenvalue weighted by Gasteiger charge is 2.36. The molecule has 0 saturated heterocycles. The lowest BCUT2D eigenvalue weighted by Gasteiger charge is -2.33. The summed E-state index contributed by atoms with van der Waals surface area (Å²) >= 11 is 0. The second-order valence-corrected chi connectivity index (χ2v) is 10.0. The van der Waals surface area contributed by atoms with Crippen LogP contribution in [0.25, 0.3) is 11.1 Å². The second kappa shape index (κ2) is 12.2. The Kier molecular flexibility index (Phi) is 8.79. The number of nitrogens with one attached hydrogen (secondary N) is 3. The van der Waals surface area contributed by atoms with Gasteiger partial charge in [0.1, 0.15) is 0 Å². The lowest BCUT2D eigenvalue weighted by molar-refractivity contribution is -0.140. The topological polar surface area (TPSA) is 90.5 Å². The molecule has 1 fully saturated rings. The average molecular weight is 540 g/mol. The highest BCUT2D eigenvalue weighted by molar-refractivity contribution is 6.03. The van der Waals surface area contributed by atoms with Gasteiger partial charge in [-0.3, -0.25) is 0 Å². The highest BCUT2D eigenvalue weighted by Crippen LogP contribution is 2.37. The van der Waals surface area contributed by atoms with Crippen LogP contribution < -0.4 is 16.0 Å². The molecule has 1 saturated carbocycles. The Bertz CT molecular complexity index is 1300. The Balaban J connectivity index is 1.68. The molecule has 1 aliphatic carbocycles. The molecule has 1 unspecified atom stereocenters. The van der Waals surface area contributed by atoms with Crippen molar-refractivity contribution < 1.29 is 27.9 Å². The first-order chi connectivity index (χ1) is 18.6. The summed E-state index contributed by atoms with van der Waals surface area (Å²) in [6, 6.07) is 17.0. The fraction of sp³-hybridized carbons (Fsp3) is 0.333. The third-order valence-corrected chi connectivity index (χ3v) is 7.06. The van der Waals surface area contributed by atoms with E-state index in [1.165, 1.54) is 6.07 Å². The number of hydrogen-bond acceptors (Lipinski definition) is 3. The van der Waals surface area contributed by atoms with E-state index in [2.05, 4.69) is 16.0 Å². The number of carboxylic acid groups (broad SMARTS) is 1. The third kappa shape index (κ3) is 7.75. The summed E-state index contributed by atoms with van der Waals surface area (Å²) in [5.41, 5.74) is 3.18. The summed E-state index contributed by atoms with van der Waals surface area (Å²) in [5, 5.41) is 18.2. The maximum Gasteiger partial charge on any atom is 0.391 e. The van der Waals surface area contributed by atoms with E-state index in [4.69, 9.17) is 0 Å². The normalized spacial score (nSPS) is 14.9. The van der Waals surface area contributed by atoms with Gasteiger partial charge in [0, 0.05) is 11.7 Å². The fourth-order valence-electron chi connectivity index (χ4n) is 5.11. The van der Waals surface area contributed by atoms with E-state index in [1.54, 1.807) is 48.5 Å². The van der Waals surface area contributed by atoms with Gasteiger partial charge in [0.15, 0.2) is 0 Å². The summed E-state index contributed by atoms with van der Waals surface area (Å²) in [6.45, 7) is 1.92. The van der Waals surface area contributed by atoms with Crippen LogP contribution in [0, 0.1) is 12.8 Å². The zero-order valence-corrected chi connectivity index (χ0v) is 21.6. The molecule has 2 amide bonds. The molecule has 0 radical (unpaired) electrons. The Morgan fingerprint density at radius 2 is 1.62 bits per heavy atom. The lowest BCUT2D eigenvalue weighted by Crippen LogP contribution is -2.35. The van der Waals surface area contributed by atoms with Crippen LogP contribution in [-0.2, 0) is 0 Å². The maximum atomic E-state index is 13.6. The second-order valence-electron chi connectivity index (χ2n) is 10.0. The van der Waals surface area contributed by atoms with E-state index in [-0.39, 0.29) is 17.2 Å². The number of aryl methyl sites for hydroxylation is 1. The van der Waals surface area contributed by atoms with E-state index >= 15 is 0 Å². The van der Waals surface area contributed by atoms with Gasteiger partial charge in [0.2, 0.25) is 0 Å². The number of hydrogen-bond donors (Lipinski definition) is 4. The quantitative estimate of drug-likeness (QED) is 0.232. The van der Waals surface area contributed by atoms with Gasteiger partial charge in [0.05, 0.1) is 23.4 Å². The largest absolute Gasteiger partial charge is 0.478 e. The van der Waals surface area contributed by atoms with Crippen LogP contribution in [0.15, 0.2) is 66.7 Å². The van der Waals surface area contributed by atoms with Crippen molar-refractivity contribution in [3.63, 3.8) is 0 Å². The van der Waals surface area contributed by atoms with Crippen LogP contribution in [0.3, 0.4) is 0 Å². The minimum Gasteiger partial charge on any atom is -0.478 e. The van der Waals surface area contributed by atoms with Crippen molar-refractivity contribution in [1.29, 1.82) is 0 Å². The van der Waals surface area contributed by atoms with Crippen LogP contribution >= 0.6 is 0 Å². The third-order valence-electron chi connectivity index (χ3n) is 7.06. The summed E-state index contributed by atoms with van der Waals surface area (Å²) in [4.78, 5) is 24.7. The Hall–Kier alpha value is -4.01. The first kappa shape index (κ1) is 28.0. The average Bonchev–Trinajstić information content (AvgIpc) is 2.90. The summed E-state index contributed by atoms with van der Waals surface area (Å²) in [6.07, 6.45) is -1.16. The van der Waals surface area contributed by atoms with E-state index < -0.39 is 30.6 Å². The Labute approximate surface area is 225 Å². The van der Waals surface area contributed by atoms with Crippen molar-refractivity contribution in [2.45, 2.75) is 57.7 Å². The number of benzene rings is 3. The van der Waals surface area contributed by atoms with Crippen LogP contribution in [0.2, 0.25) is 0 Å². The minimum atomic E-state index is -4.36. The number of carbonyl (C=O) groups is 2. The first-order valence-corrected chi connectivity index (χ1v) is 13.0. The van der Waals surface area contributed by atoms with Crippen molar-refractivity contribution in [3.05, 3.63) is 77.9 Å². The molecule has 0 bridgehead atoms. The number of aromatic carboxylic acids is 1. The van der Waals surface area contributed by atoms with E-state index in [0.717, 1.165) is 24.8 Å². The molecule has 6 nitrogen and oxygen atoms in total. The molecule has 0 heterocycles. The smallest absolute Gasteiger partial charge is 0.391 e. The van der Waals surface area contributed by atoms with Crippen LogP contribution in [0.5, 0.6) is 0 Å². The number of halogens is 3. The predicted octanol–water partition coefficient (Wildman–Crippen LogP) is 8.32. The van der Waals surface area contributed by atoms with E-state index in [0.29, 0.717) is 35.3 Å². The molecular weight excluding hydrogens is 507 g/mol. The molecule has 206 valence electrons. The number of carbonyl (C=O) groups excluding carboxylic acids is 1. The maximum absolute atomic E-state index is 13.6. The minimum absolute atomic E-state index is 0.0745. The van der Waals surface area contributed by atoms with Crippen LogP contribution in [0.1, 0.15) is 54.4 Å². The summed E-state index contributed by atoms with van der Waals surface area (Å²) in [7, 11) is 0. The summed E-state index contributed by atoms with van der Waals surface area (Å²) in [5.74, 6) is -1.26. The van der Waals surface area contributed by atoms with Gasteiger partial charge in [-0.2, -0.15) is 13.2 Å². The SMILES string of the molecule is Cc1ccc(NC(=O)Nc2cc(-c3ccccc3C(=O)O)ccc2NC(CC(F)(F)F)C2CCCCC2)cc1. The molecule has 0 aromatic heterocycles. The number of amides is 2. The number of alkyl halides is 3. The van der Waals surface area contributed by atoms with Crippen molar-refractivity contribution in [2.75, 3.05) is 16.0 Å². The molecule has 3 aromatic carbocycles. The zero-order valence-electron chi connectivity index (χ0n) is 21.6. The molecular formula is C30H32F3N3O3. The number of anilines is 3. The van der Waals surface area contributed by atoms with Crippen molar-refractivity contribution >= 4 is 29.1 Å². The molecule has 39 heavy (non-hydrogen) atoms. The molecule has 1 aliphatic rings. The molecule has 9 heteroatoms.